The first-order chi connectivity index (χ1) is 13.1. The number of hydrogen-bond acceptors (Lipinski definition) is 2. The molecule has 0 saturated heterocycles. The van der Waals surface area contributed by atoms with Gasteiger partial charge in [0, 0.05) is 12.1 Å². The van der Waals surface area contributed by atoms with Crippen LogP contribution in [0.4, 0.5) is 0 Å². The summed E-state index contributed by atoms with van der Waals surface area (Å²) in [6, 6.07) is 25.7. The lowest BCUT2D eigenvalue weighted by atomic mass is 10.0. The molecule has 0 heterocycles. The fourth-order valence-corrected chi connectivity index (χ4v) is 3.09. The zero-order valence-corrected chi connectivity index (χ0v) is 16.1. The van der Waals surface area contributed by atoms with Crippen LogP contribution in [-0.2, 0) is 6.54 Å². The Kier molecular flexibility index (Phi) is 5.92. The number of carbonyl (C=O) groups excluding carboxylic acids is 1. The predicted octanol–water partition coefficient (Wildman–Crippen LogP) is 5.41. The highest BCUT2D eigenvalue weighted by atomic mass is 16.5. The van der Waals surface area contributed by atoms with Crippen LogP contribution in [0.15, 0.2) is 78.9 Å². The summed E-state index contributed by atoms with van der Waals surface area (Å²) in [5, 5.41) is 0. The van der Waals surface area contributed by atoms with Gasteiger partial charge in [-0.05, 0) is 49.2 Å². The van der Waals surface area contributed by atoms with E-state index in [1.54, 1.807) is 7.11 Å². The minimum absolute atomic E-state index is 0.00887. The summed E-state index contributed by atoms with van der Waals surface area (Å²) in [4.78, 5) is 15.2. The van der Waals surface area contributed by atoms with Crippen LogP contribution in [-0.4, -0.2) is 17.9 Å². The van der Waals surface area contributed by atoms with Gasteiger partial charge in [-0.25, -0.2) is 0 Å². The van der Waals surface area contributed by atoms with Crippen LogP contribution in [0.25, 0.3) is 0 Å². The summed E-state index contributed by atoms with van der Waals surface area (Å²) in [6.07, 6.45) is 0. The summed E-state index contributed by atoms with van der Waals surface area (Å²) in [5.41, 5.74) is 4.10. The van der Waals surface area contributed by atoms with E-state index in [4.69, 9.17) is 4.74 Å². The number of carbonyl (C=O) groups is 1. The van der Waals surface area contributed by atoms with Crippen molar-refractivity contribution < 1.29 is 9.53 Å². The molecule has 1 atom stereocenters. The van der Waals surface area contributed by atoms with Crippen molar-refractivity contribution in [3.05, 3.63) is 101 Å². The van der Waals surface area contributed by atoms with E-state index in [2.05, 4.69) is 50.2 Å². The van der Waals surface area contributed by atoms with E-state index >= 15 is 0 Å². The van der Waals surface area contributed by atoms with Gasteiger partial charge in [0.2, 0.25) is 0 Å². The van der Waals surface area contributed by atoms with Gasteiger partial charge in [-0.3, -0.25) is 4.79 Å². The quantitative estimate of drug-likeness (QED) is 0.589. The molecule has 0 radical (unpaired) electrons. The number of methoxy groups -OCH3 is 1. The third-order valence-corrected chi connectivity index (χ3v) is 4.82. The van der Waals surface area contributed by atoms with E-state index in [9.17, 15) is 4.79 Å². The molecule has 1 unspecified atom stereocenters. The molecule has 0 spiro atoms. The van der Waals surface area contributed by atoms with Crippen LogP contribution in [0.5, 0.6) is 5.75 Å². The number of ether oxygens (including phenoxy) is 1. The smallest absolute Gasteiger partial charge is 0.254 e. The van der Waals surface area contributed by atoms with Gasteiger partial charge >= 0.3 is 0 Å². The minimum atomic E-state index is -0.0397. The van der Waals surface area contributed by atoms with Gasteiger partial charge in [0.1, 0.15) is 5.75 Å². The van der Waals surface area contributed by atoms with E-state index in [1.807, 2.05) is 47.4 Å². The Hall–Kier alpha value is -3.07. The number of nitrogens with zero attached hydrogens (tertiary/aromatic N) is 1. The van der Waals surface area contributed by atoms with E-state index < -0.39 is 0 Å². The third-order valence-electron chi connectivity index (χ3n) is 4.82. The summed E-state index contributed by atoms with van der Waals surface area (Å²) < 4.78 is 5.21. The average molecular weight is 359 g/mol. The van der Waals surface area contributed by atoms with E-state index in [0.717, 1.165) is 16.9 Å². The molecular weight excluding hydrogens is 334 g/mol. The van der Waals surface area contributed by atoms with Crippen LogP contribution in [0.1, 0.15) is 40.0 Å². The Morgan fingerprint density at radius 1 is 0.926 bits per heavy atom. The zero-order valence-electron chi connectivity index (χ0n) is 16.1. The van der Waals surface area contributed by atoms with Crippen molar-refractivity contribution in [3.63, 3.8) is 0 Å². The topological polar surface area (TPSA) is 29.5 Å². The first kappa shape index (κ1) is 18.7. The molecule has 0 aliphatic heterocycles. The third kappa shape index (κ3) is 4.56. The fraction of sp³-hybridized carbons (Fsp3) is 0.208. The molecular formula is C24H25NO2. The van der Waals surface area contributed by atoms with Gasteiger partial charge in [0.25, 0.3) is 5.91 Å². The maximum absolute atomic E-state index is 13.3. The van der Waals surface area contributed by atoms with Crippen LogP contribution in [0.3, 0.4) is 0 Å². The lowest BCUT2D eigenvalue weighted by Gasteiger charge is -2.30. The van der Waals surface area contributed by atoms with Gasteiger partial charge in [0.15, 0.2) is 0 Å². The number of amides is 1. The highest BCUT2D eigenvalue weighted by molar-refractivity contribution is 5.94. The molecule has 0 N–H and O–H groups in total. The summed E-state index contributed by atoms with van der Waals surface area (Å²) in [6.45, 7) is 4.70. The second-order valence-corrected chi connectivity index (χ2v) is 6.73. The first-order valence-electron chi connectivity index (χ1n) is 9.14. The van der Waals surface area contributed by atoms with Crippen LogP contribution < -0.4 is 4.74 Å². The fourth-order valence-electron chi connectivity index (χ4n) is 3.09. The Morgan fingerprint density at radius 3 is 2.15 bits per heavy atom. The van der Waals surface area contributed by atoms with Crippen molar-refractivity contribution in [2.45, 2.75) is 26.4 Å². The minimum Gasteiger partial charge on any atom is -0.497 e. The molecule has 1 amide bonds. The van der Waals surface area contributed by atoms with Crippen molar-refractivity contribution in [1.29, 1.82) is 0 Å². The predicted molar refractivity (Wildman–Crippen MR) is 109 cm³/mol. The van der Waals surface area contributed by atoms with Gasteiger partial charge < -0.3 is 9.64 Å². The highest BCUT2D eigenvalue weighted by Gasteiger charge is 2.23. The SMILES string of the molecule is COc1ccc(C(=O)N(Cc2ccc(C)cc2)C(C)c2ccccc2)cc1. The first-order valence-corrected chi connectivity index (χ1v) is 9.14. The normalized spacial score (nSPS) is 11.7. The van der Waals surface area contributed by atoms with Crippen molar-refractivity contribution in [3.8, 4) is 5.75 Å². The summed E-state index contributed by atoms with van der Waals surface area (Å²) in [7, 11) is 1.62. The second kappa shape index (κ2) is 8.54. The molecule has 27 heavy (non-hydrogen) atoms. The lowest BCUT2D eigenvalue weighted by Crippen LogP contribution is -2.33. The number of rotatable bonds is 6. The van der Waals surface area contributed by atoms with Crippen molar-refractivity contribution >= 4 is 5.91 Å². The molecule has 0 bridgehead atoms. The van der Waals surface area contributed by atoms with Crippen molar-refractivity contribution in [1.82, 2.24) is 4.90 Å². The monoisotopic (exact) mass is 359 g/mol. The lowest BCUT2D eigenvalue weighted by molar-refractivity contribution is 0.0674. The molecule has 3 heteroatoms. The molecule has 3 nitrogen and oxygen atoms in total. The molecule has 0 aliphatic rings. The number of benzene rings is 3. The largest absolute Gasteiger partial charge is 0.497 e. The average Bonchev–Trinajstić information content (AvgIpc) is 2.73. The zero-order chi connectivity index (χ0) is 19.2. The Morgan fingerprint density at radius 2 is 1.56 bits per heavy atom. The molecule has 3 rings (SSSR count). The molecule has 138 valence electrons. The maximum Gasteiger partial charge on any atom is 0.254 e. The van der Waals surface area contributed by atoms with E-state index in [-0.39, 0.29) is 11.9 Å². The Bertz CT molecular complexity index is 871. The summed E-state index contributed by atoms with van der Waals surface area (Å²) >= 11 is 0. The number of hydrogen-bond donors (Lipinski definition) is 0. The molecule has 0 saturated carbocycles. The van der Waals surface area contributed by atoms with Crippen molar-refractivity contribution in [2.24, 2.45) is 0 Å². The van der Waals surface area contributed by atoms with E-state index in [0.29, 0.717) is 12.1 Å². The number of aryl methyl sites for hydroxylation is 1. The van der Waals surface area contributed by atoms with Gasteiger partial charge in [-0.1, -0.05) is 60.2 Å². The molecule has 0 aromatic heterocycles. The second-order valence-electron chi connectivity index (χ2n) is 6.73. The standard InChI is InChI=1S/C24H25NO2/c1-18-9-11-20(12-10-18)17-25(19(2)21-7-5-4-6-8-21)24(26)22-13-15-23(27-3)16-14-22/h4-16,19H,17H2,1-3H3. The molecule has 3 aromatic carbocycles. The molecule has 0 aliphatic carbocycles. The van der Waals surface area contributed by atoms with Crippen LogP contribution >= 0.6 is 0 Å². The summed E-state index contributed by atoms with van der Waals surface area (Å²) in [5.74, 6) is 0.752. The maximum atomic E-state index is 13.3. The van der Waals surface area contributed by atoms with Crippen LogP contribution in [0.2, 0.25) is 0 Å². The highest BCUT2D eigenvalue weighted by Crippen LogP contribution is 2.25. The van der Waals surface area contributed by atoms with Gasteiger partial charge in [0.05, 0.1) is 13.2 Å². The molecule has 3 aromatic rings. The van der Waals surface area contributed by atoms with Crippen LogP contribution in [0, 0.1) is 6.92 Å². The Labute approximate surface area is 161 Å². The van der Waals surface area contributed by atoms with E-state index in [1.165, 1.54) is 5.56 Å². The van der Waals surface area contributed by atoms with Crippen molar-refractivity contribution in [2.75, 3.05) is 7.11 Å². The Balaban J connectivity index is 1.92. The van der Waals surface area contributed by atoms with Gasteiger partial charge in [-0.15, -0.1) is 0 Å². The molecule has 0 fully saturated rings. The van der Waals surface area contributed by atoms with Gasteiger partial charge in [-0.2, -0.15) is 0 Å².